The molecule has 0 aliphatic carbocycles. The number of amidine groups is 1. The lowest BCUT2D eigenvalue weighted by atomic mass is 10.1. The van der Waals surface area contributed by atoms with Gasteiger partial charge in [0.15, 0.2) is 0 Å². The number of imidazole rings is 1. The predicted molar refractivity (Wildman–Crippen MR) is 149 cm³/mol. The van der Waals surface area contributed by atoms with Crippen molar-refractivity contribution in [1.82, 2.24) is 14.5 Å². The topological polar surface area (TPSA) is 111 Å². The number of benzene rings is 1. The number of alkyl halides is 4. The van der Waals surface area contributed by atoms with Crippen LogP contribution in [-0.4, -0.2) is 50.7 Å². The van der Waals surface area contributed by atoms with E-state index in [9.17, 15) is 22.8 Å². The molecule has 13 heteroatoms. The number of alkyl carbamates (subject to hydrolysis) is 1. The highest BCUT2D eigenvalue weighted by atomic mass is 79.9. The summed E-state index contributed by atoms with van der Waals surface area (Å²) in [5.74, 6) is -1.74. The van der Waals surface area contributed by atoms with Crippen molar-refractivity contribution < 1.29 is 32.2 Å². The van der Waals surface area contributed by atoms with E-state index in [1.54, 1.807) is 62.0 Å². The molecule has 2 aromatic rings. The van der Waals surface area contributed by atoms with E-state index in [0.717, 1.165) is 37.4 Å². The zero-order chi connectivity index (χ0) is 29.8. The van der Waals surface area contributed by atoms with Crippen LogP contribution >= 0.6 is 15.9 Å². The summed E-state index contributed by atoms with van der Waals surface area (Å²) in [6.07, 6.45) is 2.81. The Kier molecular flexibility index (Phi) is 12.9. The third-order valence-electron chi connectivity index (χ3n) is 5.50. The number of amides is 2. The van der Waals surface area contributed by atoms with Crippen LogP contribution < -0.4 is 15.7 Å². The van der Waals surface area contributed by atoms with Crippen LogP contribution in [0.25, 0.3) is 0 Å². The Bertz CT molecular complexity index is 1180. The zero-order valence-electron chi connectivity index (χ0n) is 23.0. The van der Waals surface area contributed by atoms with Crippen LogP contribution in [0.15, 0.2) is 41.7 Å². The molecule has 1 aromatic heterocycles. The molecule has 2 amide bonds. The maximum atomic E-state index is 12.9. The van der Waals surface area contributed by atoms with Gasteiger partial charge in [-0.25, -0.2) is 4.79 Å². The second-order valence-electron chi connectivity index (χ2n) is 10.1. The van der Waals surface area contributed by atoms with E-state index in [4.69, 9.17) is 14.9 Å². The van der Waals surface area contributed by atoms with E-state index in [0.29, 0.717) is 30.8 Å². The van der Waals surface area contributed by atoms with Gasteiger partial charge >= 0.3 is 18.2 Å². The molecule has 0 radical (unpaired) electrons. The Labute approximate surface area is 240 Å². The first-order chi connectivity index (χ1) is 18.8. The molecule has 0 aliphatic heterocycles. The minimum Gasteiger partial charge on any atom is -0.494 e. The van der Waals surface area contributed by atoms with Crippen LogP contribution in [0.2, 0.25) is 0 Å². The van der Waals surface area contributed by atoms with Gasteiger partial charge < -0.3 is 18.6 Å². The monoisotopic (exact) mass is 631 g/mol. The summed E-state index contributed by atoms with van der Waals surface area (Å²) < 4.78 is 52.7. The second kappa shape index (κ2) is 15.6. The number of unbranched alkanes of at least 4 members (excludes halogenated alkanes) is 4. The molecule has 2 rings (SSSR count). The molecule has 0 unspecified atom stereocenters. The summed E-state index contributed by atoms with van der Waals surface area (Å²) >= 11 is 3.39. The highest BCUT2D eigenvalue weighted by Gasteiger charge is 2.38. The molecular weight excluding hydrogens is 595 g/mol. The van der Waals surface area contributed by atoms with E-state index >= 15 is 0 Å². The maximum Gasteiger partial charge on any atom is 0.473 e. The number of halogens is 4. The van der Waals surface area contributed by atoms with E-state index in [1.165, 1.54) is 4.57 Å². The molecule has 0 fully saturated rings. The van der Waals surface area contributed by atoms with Gasteiger partial charge in [0.05, 0.1) is 6.61 Å². The Morgan fingerprint density at radius 2 is 1.52 bits per heavy atom. The molecule has 0 atom stereocenters. The number of ether oxygens (including phenoxy) is 2. The van der Waals surface area contributed by atoms with Crippen LogP contribution in [0.4, 0.5) is 18.0 Å². The zero-order valence-corrected chi connectivity index (χ0v) is 24.6. The smallest absolute Gasteiger partial charge is 0.473 e. The van der Waals surface area contributed by atoms with E-state index < -0.39 is 23.8 Å². The molecule has 1 heterocycles. The van der Waals surface area contributed by atoms with Gasteiger partial charge in [0.2, 0.25) is 5.62 Å². The molecule has 9 nitrogen and oxygen atoms in total. The number of aromatic nitrogens is 2. The van der Waals surface area contributed by atoms with Crippen LogP contribution in [-0.2, 0) is 22.6 Å². The summed E-state index contributed by atoms with van der Waals surface area (Å²) in [6, 6.07) is 6.52. The summed E-state index contributed by atoms with van der Waals surface area (Å²) in [7, 11) is 0. The van der Waals surface area contributed by atoms with Crippen LogP contribution in [0.3, 0.4) is 0 Å². The molecule has 40 heavy (non-hydrogen) atoms. The van der Waals surface area contributed by atoms with Crippen molar-refractivity contribution >= 4 is 33.8 Å². The number of hydrogen-bond acceptors (Lipinski definition) is 5. The predicted octanol–water partition coefficient (Wildman–Crippen LogP) is 5.94. The quantitative estimate of drug-likeness (QED) is 0.123. The number of nitrogens with zero attached hydrogens (tertiary/aromatic N) is 3. The van der Waals surface area contributed by atoms with Gasteiger partial charge in [0.25, 0.3) is 0 Å². The van der Waals surface area contributed by atoms with Gasteiger partial charge in [0.1, 0.15) is 17.2 Å². The average molecular weight is 633 g/mol. The van der Waals surface area contributed by atoms with Crippen molar-refractivity contribution in [3.8, 4) is 5.75 Å². The Balaban J connectivity index is 1.94. The van der Waals surface area contributed by atoms with E-state index in [-0.39, 0.29) is 18.1 Å². The van der Waals surface area contributed by atoms with E-state index in [2.05, 4.69) is 26.2 Å². The van der Waals surface area contributed by atoms with Crippen molar-refractivity contribution in [2.75, 3.05) is 11.9 Å². The molecule has 0 saturated heterocycles. The number of carbonyl (C=O) groups excluding carboxylic acids is 2. The molecule has 0 aliphatic rings. The number of hydrogen-bond donors (Lipinski definition) is 2. The van der Waals surface area contributed by atoms with Crippen LogP contribution in [0, 0.1) is 5.41 Å². The number of aryl methyl sites for hydroxylation is 2. The Morgan fingerprint density at radius 3 is 2.10 bits per heavy atom. The maximum absolute atomic E-state index is 12.9. The van der Waals surface area contributed by atoms with Crippen molar-refractivity contribution in [1.29, 1.82) is 5.41 Å². The lowest BCUT2D eigenvalue weighted by molar-refractivity contribution is -0.169. The molecule has 0 saturated carbocycles. The van der Waals surface area contributed by atoms with E-state index in [1.807, 2.05) is 0 Å². The van der Waals surface area contributed by atoms with Gasteiger partial charge in [-0.1, -0.05) is 35.2 Å². The highest BCUT2D eigenvalue weighted by molar-refractivity contribution is 9.09. The number of nitrogens with one attached hydrogen (secondary N) is 2. The SMILES string of the molecule is CC(C)(C)OC(=O)NC(=N)c1ccc(OCCCn2ccn(CCCCCCCBr)/c2=N\C(=O)C(F)(F)F)cc1. The van der Waals surface area contributed by atoms with Crippen LogP contribution in [0.5, 0.6) is 5.75 Å². The van der Waals surface area contributed by atoms with Gasteiger partial charge in [0, 0.05) is 36.4 Å². The molecule has 1 aromatic carbocycles. The summed E-state index contributed by atoms with van der Waals surface area (Å²) in [6.45, 7) is 6.19. The van der Waals surface area contributed by atoms with Gasteiger partial charge in [-0.3, -0.25) is 15.5 Å². The summed E-state index contributed by atoms with van der Waals surface area (Å²) in [5.41, 5.74) is -0.264. The van der Waals surface area contributed by atoms with Crippen LogP contribution in [0.1, 0.15) is 64.9 Å². The first kappa shape index (κ1) is 33.1. The average Bonchev–Trinajstić information content (AvgIpc) is 3.23. The summed E-state index contributed by atoms with van der Waals surface area (Å²) in [4.78, 5) is 26.8. The lowest BCUT2D eigenvalue weighted by Crippen LogP contribution is -2.36. The minimum absolute atomic E-state index is 0.0388. The molecule has 0 spiro atoms. The van der Waals surface area contributed by atoms with Crippen molar-refractivity contribution in [2.45, 2.75) is 84.2 Å². The molecular formula is C27H37BrF3N5O4. The van der Waals surface area contributed by atoms with Gasteiger partial charge in [-0.2, -0.15) is 18.2 Å². The Hall–Kier alpha value is -3.09. The third kappa shape index (κ3) is 12.0. The van der Waals surface area contributed by atoms with Gasteiger partial charge in [-0.05, 0) is 64.3 Å². The van der Waals surface area contributed by atoms with Crippen molar-refractivity contribution in [2.24, 2.45) is 4.99 Å². The fraction of sp³-hybridized carbons (Fsp3) is 0.556. The Morgan fingerprint density at radius 1 is 0.950 bits per heavy atom. The fourth-order valence-corrected chi connectivity index (χ4v) is 4.02. The summed E-state index contributed by atoms with van der Waals surface area (Å²) in [5, 5.41) is 11.3. The van der Waals surface area contributed by atoms with Gasteiger partial charge in [-0.15, -0.1) is 0 Å². The molecule has 222 valence electrons. The minimum atomic E-state index is -5.04. The first-order valence-electron chi connectivity index (χ1n) is 13.1. The standard InChI is InChI=1S/C27H37BrF3N5O4/c1-26(2,3)40-25(38)33-22(32)20-10-12-21(13-11-20)39-19-9-16-36-18-17-35(15-8-6-4-5-7-14-28)24(36)34-23(37)27(29,30)31/h10-13,17-18H,4-9,14-16,19H2,1-3H3,(H2,32,33,38)/b34-24+. The normalized spacial score (nSPS) is 12.3. The lowest BCUT2D eigenvalue weighted by Gasteiger charge is -2.19. The fourth-order valence-electron chi connectivity index (χ4n) is 3.62. The molecule has 2 N–H and O–H groups in total. The number of carbonyl (C=O) groups is 2. The largest absolute Gasteiger partial charge is 0.494 e. The van der Waals surface area contributed by atoms with Crippen molar-refractivity contribution in [3.63, 3.8) is 0 Å². The number of rotatable bonds is 13. The highest BCUT2D eigenvalue weighted by Crippen LogP contribution is 2.16. The second-order valence-corrected chi connectivity index (χ2v) is 10.9. The molecule has 0 bridgehead atoms. The van der Waals surface area contributed by atoms with Crippen molar-refractivity contribution in [3.05, 3.63) is 47.8 Å². The third-order valence-corrected chi connectivity index (χ3v) is 6.06. The first-order valence-corrected chi connectivity index (χ1v) is 14.2.